The highest BCUT2D eigenvalue weighted by Crippen LogP contribution is 2.29. The third-order valence-electron chi connectivity index (χ3n) is 5.03. The lowest BCUT2D eigenvalue weighted by Crippen LogP contribution is -2.37. The molecular formula is C21H28ClN3O2. The number of benzene rings is 1. The highest BCUT2D eigenvalue weighted by atomic mass is 35.5. The maximum absolute atomic E-state index is 5.89. The average Bonchev–Trinajstić information content (AvgIpc) is 3.15. The maximum atomic E-state index is 5.89. The summed E-state index contributed by atoms with van der Waals surface area (Å²) in [6.45, 7) is 6.87. The largest absolute Gasteiger partial charge is 0.493 e. The molecule has 2 heterocycles. The third kappa shape index (κ3) is 5.58. The van der Waals surface area contributed by atoms with Gasteiger partial charge in [0.25, 0.3) is 0 Å². The van der Waals surface area contributed by atoms with Gasteiger partial charge in [-0.05, 0) is 49.7 Å². The number of likely N-dealkylation sites (N-methyl/N-ethyl adjacent to an activating group) is 1. The van der Waals surface area contributed by atoms with Gasteiger partial charge in [-0.2, -0.15) is 0 Å². The molecule has 0 bridgehead atoms. The topological polar surface area (TPSA) is 46.6 Å². The van der Waals surface area contributed by atoms with E-state index in [9.17, 15) is 0 Å². The Morgan fingerprint density at radius 2 is 2.07 bits per heavy atom. The summed E-state index contributed by atoms with van der Waals surface area (Å²) in [5.41, 5.74) is 2.15. The number of nitrogens with one attached hydrogen (secondary N) is 1. The number of aromatic nitrogens is 1. The van der Waals surface area contributed by atoms with Crippen LogP contribution in [0, 0.1) is 0 Å². The van der Waals surface area contributed by atoms with Crippen molar-refractivity contribution in [1.29, 1.82) is 0 Å². The first kappa shape index (κ1) is 19.9. The molecule has 1 aromatic carbocycles. The monoisotopic (exact) mass is 389 g/mol. The smallest absolute Gasteiger partial charge is 0.161 e. The molecule has 1 fully saturated rings. The fourth-order valence-corrected chi connectivity index (χ4v) is 3.63. The molecule has 1 aromatic heterocycles. The fraction of sp³-hybridized carbons (Fsp3) is 0.476. The number of methoxy groups -OCH3 is 1. The first-order valence-corrected chi connectivity index (χ1v) is 9.92. The second kappa shape index (κ2) is 9.93. The zero-order valence-electron chi connectivity index (χ0n) is 16.1. The lowest BCUT2D eigenvalue weighted by molar-refractivity contribution is 0.260. The van der Waals surface area contributed by atoms with E-state index in [0.717, 1.165) is 36.7 Å². The van der Waals surface area contributed by atoms with Crippen LogP contribution in [-0.4, -0.2) is 42.7 Å². The van der Waals surface area contributed by atoms with Gasteiger partial charge < -0.3 is 14.8 Å². The number of pyridine rings is 1. The van der Waals surface area contributed by atoms with Crippen LogP contribution in [0.4, 0.5) is 0 Å². The first-order chi connectivity index (χ1) is 13.2. The van der Waals surface area contributed by atoms with Crippen molar-refractivity contribution in [2.45, 2.75) is 39.0 Å². The van der Waals surface area contributed by atoms with Crippen LogP contribution >= 0.6 is 11.6 Å². The van der Waals surface area contributed by atoms with Crippen molar-refractivity contribution in [2.75, 3.05) is 26.7 Å². The third-order valence-corrected chi connectivity index (χ3v) is 5.25. The SMILES string of the molecule is CCN1CCC[C@H]1CNCc1ccc(OCc2ccc(Cl)nc2)c(OC)c1. The van der Waals surface area contributed by atoms with Crippen LogP contribution < -0.4 is 14.8 Å². The molecule has 146 valence electrons. The highest BCUT2D eigenvalue weighted by molar-refractivity contribution is 6.29. The molecule has 3 rings (SSSR count). The van der Waals surface area contributed by atoms with E-state index in [2.05, 4.69) is 28.2 Å². The van der Waals surface area contributed by atoms with Crippen LogP contribution in [0.5, 0.6) is 11.5 Å². The van der Waals surface area contributed by atoms with Crippen LogP contribution in [0.2, 0.25) is 5.15 Å². The summed E-state index contributed by atoms with van der Waals surface area (Å²) in [6, 6.07) is 10.4. The Hall–Kier alpha value is -1.82. The number of rotatable bonds is 9. The molecular weight excluding hydrogens is 362 g/mol. The number of halogens is 1. The number of ether oxygens (including phenoxy) is 2. The Morgan fingerprint density at radius 3 is 2.81 bits per heavy atom. The van der Waals surface area contributed by atoms with Crippen LogP contribution in [0.3, 0.4) is 0 Å². The van der Waals surface area contributed by atoms with E-state index < -0.39 is 0 Å². The van der Waals surface area contributed by atoms with Gasteiger partial charge in [0.05, 0.1) is 7.11 Å². The van der Waals surface area contributed by atoms with Crippen molar-refractivity contribution < 1.29 is 9.47 Å². The number of hydrogen-bond donors (Lipinski definition) is 1. The molecule has 0 spiro atoms. The van der Waals surface area contributed by atoms with Gasteiger partial charge in [-0.1, -0.05) is 30.7 Å². The molecule has 6 heteroatoms. The normalized spacial score (nSPS) is 17.2. The van der Waals surface area contributed by atoms with Gasteiger partial charge in [-0.25, -0.2) is 4.98 Å². The Kier molecular flexibility index (Phi) is 7.33. The highest BCUT2D eigenvalue weighted by Gasteiger charge is 2.22. The zero-order valence-corrected chi connectivity index (χ0v) is 16.8. The van der Waals surface area contributed by atoms with Gasteiger partial charge >= 0.3 is 0 Å². The van der Waals surface area contributed by atoms with Gasteiger partial charge in [-0.15, -0.1) is 0 Å². The summed E-state index contributed by atoms with van der Waals surface area (Å²) in [7, 11) is 1.67. The molecule has 0 aliphatic carbocycles. The summed E-state index contributed by atoms with van der Waals surface area (Å²) >= 11 is 5.81. The lowest BCUT2D eigenvalue weighted by Gasteiger charge is -2.23. The molecule has 27 heavy (non-hydrogen) atoms. The van der Waals surface area contributed by atoms with Crippen molar-refractivity contribution in [3.63, 3.8) is 0 Å². The van der Waals surface area contributed by atoms with Crippen LogP contribution in [0.25, 0.3) is 0 Å². The molecule has 0 radical (unpaired) electrons. The first-order valence-electron chi connectivity index (χ1n) is 9.54. The summed E-state index contributed by atoms with van der Waals surface area (Å²) < 4.78 is 11.4. The summed E-state index contributed by atoms with van der Waals surface area (Å²) in [5.74, 6) is 1.47. The molecule has 0 saturated carbocycles. The van der Waals surface area contributed by atoms with E-state index in [4.69, 9.17) is 21.1 Å². The van der Waals surface area contributed by atoms with Crippen molar-refractivity contribution in [3.05, 3.63) is 52.8 Å². The second-order valence-electron chi connectivity index (χ2n) is 6.82. The predicted molar refractivity (Wildman–Crippen MR) is 109 cm³/mol. The Morgan fingerprint density at radius 1 is 1.22 bits per heavy atom. The Labute approximate surface area is 166 Å². The molecule has 5 nitrogen and oxygen atoms in total. The molecule has 2 aromatic rings. The average molecular weight is 390 g/mol. The molecule has 0 amide bonds. The van der Waals surface area contributed by atoms with Crippen molar-refractivity contribution in [1.82, 2.24) is 15.2 Å². The van der Waals surface area contributed by atoms with Gasteiger partial charge in [0.1, 0.15) is 11.8 Å². The van der Waals surface area contributed by atoms with E-state index in [1.807, 2.05) is 18.2 Å². The van der Waals surface area contributed by atoms with Crippen molar-refractivity contribution in [2.24, 2.45) is 0 Å². The van der Waals surface area contributed by atoms with E-state index in [1.54, 1.807) is 19.4 Å². The Bertz CT molecular complexity index is 724. The predicted octanol–water partition coefficient (Wildman–Crippen LogP) is 3.90. The minimum Gasteiger partial charge on any atom is -0.493 e. The van der Waals surface area contributed by atoms with Gasteiger partial charge in [0, 0.05) is 30.9 Å². The van der Waals surface area contributed by atoms with Crippen molar-refractivity contribution in [3.8, 4) is 11.5 Å². The van der Waals surface area contributed by atoms with Gasteiger partial charge in [0.2, 0.25) is 0 Å². The molecule has 1 atom stereocenters. The molecule has 1 N–H and O–H groups in total. The molecule has 1 aliphatic heterocycles. The second-order valence-corrected chi connectivity index (χ2v) is 7.21. The maximum Gasteiger partial charge on any atom is 0.161 e. The van der Waals surface area contributed by atoms with Crippen LogP contribution in [0.15, 0.2) is 36.5 Å². The summed E-state index contributed by atoms with van der Waals surface area (Å²) in [6.07, 6.45) is 4.31. The van der Waals surface area contributed by atoms with Gasteiger partial charge in [-0.3, -0.25) is 4.90 Å². The van der Waals surface area contributed by atoms with Crippen LogP contribution in [-0.2, 0) is 13.2 Å². The van der Waals surface area contributed by atoms with E-state index in [1.165, 1.54) is 24.9 Å². The quantitative estimate of drug-likeness (QED) is 0.659. The summed E-state index contributed by atoms with van der Waals surface area (Å²) in [4.78, 5) is 6.62. The fourth-order valence-electron chi connectivity index (χ4n) is 3.52. The lowest BCUT2D eigenvalue weighted by atomic mass is 10.1. The zero-order chi connectivity index (χ0) is 19.1. The number of likely N-dealkylation sites (tertiary alicyclic amines) is 1. The van der Waals surface area contributed by atoms with Crippen molar-refractivity contribution >= 4 is 11.6 Å². The molecule has 0 unspecified atom stereocenters. The van der Waals surface area contributed by atoms with E-state index >= 15 is 0 Å². The molecule has 1 aliphatic rings. The number of hydrogen-bond acceptors (Lipinski definition) is 5. The van der Waals surface area contributed by atoms with E-state index in [0.29, 0.717) is 17.8 Å². The van der Waals surface area contributed by atoms with Gasteiger partial charge in [0.15, 0.2) is 11.5 Å². The summed E-state index contributed by atoms with van der Waals surface area (Å²) in [5, 5.41) is 4.06. The molecule has 1 saturated heterocycles. The van der Waals surface area contributed by atoms with E-state index in [-0.39, 0.29) is 0 Å². The number of nitrogens with zero attached hydrogens (tertiary/aromatic N) is 2. The minimum absolute atomic E-state index is 0.423. The van der Waals surface area contributed by atoms with Crippen LogP contribution in [0.1, 0.15) is 30.9 Å². The Balaban J connectivity index is 1.53. The minimum atomic E-state index is 0.423. The standard InChI is InChI=1S/C21H28ClN3O2/c1-3-25-10-4-5-18(25)14-23-12-16-6-8-19(20(11-16)26-2)27-15-17-7-9-21(22)24-13-17/h6-9,11,13,18,23H,3-5,10,12,14-15H2,1-2H3/t18-/m0/s1.